The van der Waals surface area contributed by atoms with Gasteiger partial charge in [0.2, 0.25) is 17.8 Å². The summed E-state index contributed by atoms with van der Waals surface area (Å²) in [5, 5.41) is 0. The largest absolute Gasteiger partial charge is 0.368 e. The van der Waals surface area contributed by atoms with Crippen molar-refractivity contribution in [2.75, 3.05) is 41.7 Å². The van der Waals surface area contributed by atoms with Crippen LogP contribution in [-0.4, -0.2) is 41.1 Å². The first-order valence-electron chi connectivity index (χ1n) is 8.19. The van der Waals surface area contributed by atoms with Gasteiger partial charge in [0.15, 0.2) is 0 Å². The van der Waals surface area contributed by atoms with Crippen LogP contribution in [0.4, 0.5) is 17.8 Å². The average Bonchev–Trinajstić information content (AvgIpc) is 2.73. The van der Waals surface area contributed by atoms with Crippen LogP contribution in [0.25, 0.3) is 0 Å². The smallest absolute Gasteiger partial charge is 0.231 e. The predicted octanol–water partition coefficient (Wildman–Crippen LogP) is 2.32. The number of hydrogen-bond donors (Lipinski definition) is 1. The third-order valence-electron chi connectivity index (χ3n) is 4.38. The SMILES string of the molecule is CCC1CCCN(c2nc(N)nc(N(CC)CC)n2)CC1. The van der Waals surface area contributed by atoms with E-state index in [2.05, 4.69) is 45.5 Å². The fourth-order valence-corrected chi connectivity index (χ4v) is 2.93. The standard InChI is InChI=1S/C15H28N6/c1-4-12-8-7-10-21(11-9-12)15-18-13(16)17-14(19-15)20(5-2)6-3/h12H,4-11H2,1-3H3,(H2,16,17,18,19). The lowest BCUT2D eigenvalue weighted by molar-refractivity contribution is 0.459. The molecule has 0 saturated carbocycles. The van der Waals surface area contributed by atoms with Crippen molar-refractivity contribution in [1.29, 1.82) is 0 Å². The van der Waals surface area contributed by atoms with Crippen molar-refractivity contribution < 1.29 is 0 Å². The normalized spacial score (nSPS) is 19.4. The van der Waals surface area contributed by atoms with Crippen LogP contribution in [0.2, 0.25) is 0 Å². The van der Waals surface area contributed by atoms with Crippen molar-refractivity contribution in [3.8, 4) is 0 Å². The molecule has 0 aliphatic carbocycles. The molecule has 0 bridgehead atoms. The van der Waals surface area contributed by atoms with Crippen molar-refractivity contribution in [2.24, 2.45) is 5.92 Å². The van der Waals surface area contributed by atoms with E-state index in [-0.39, 0.29) is 0 Å². The molecule has 1 aliphatic heterocycles. The summed E-state index contributed by atoms with van der Waals surface area (Å²) in [6.45, 7) is 10.2. The van der Waals surface area contributed by atoms with Gasteiger partial charge in [-0.3, -0.25) is 0 Å². The van der Waals surface area contributed by atoms with Crippen LogP contribution in [0.5, 0.6) is 0 Å². The number of nitrogen functional groups attached to an aromatic ring is 1. The van der Waals surface area contributed by atoms with Crippen LogP contribution >= 0.6 is 0 Å². The maximum absolute atomic E-state index is 5.89. The highest BCUT2D eigenvalue weighted by Gasteiger charge is 2.19. The molecule has 2 N–H and O–H groups in total. The zero-order chi connectivity index (χ0) is 15.2. The summed E-state index contributed by atoms with van der Waals surface area (Å²) < 4.78 is 0. The van der Waals surface area contributed by atoms with Crippen molar-refractivity contribution >= 4 is 17.8 Å². The molecule has 118 valence electrons. The van der Waals surface area contributed by atoms with Gasteiger partial charge >= 0.3 is 0 Å². The molecule has 6 heteroatoms. The Balaban J connectivity index is 2.19. The summed E-state index contributed by atoms with van der Waals surface area (Å²) in [5.74, 6) is 2.58. The maximum Gasteiger partial charge on any atom is 0.231 e. The van der Waals surface area contributed by atoms with Crippen LogP contribution in [-0.2, 0) is 0 Å². The summed E-state index contributed by atoms with van der Waals surface area (Å²) in [5.41, 5.74) is 5.89. The Bertz CT molecular complexity index is 446. The molecule has 1 aromatic heterocycles. The molecule has 1 aliphatic rings. The third-order valence-corrected chi connectivity index (χ3v) is 4.38. The maximum atomic E-state index is 5.89. The number of anilines is 3. The van der Waals surface area contributed by atoms with E-state index in [1.54, 1.807) is 0 Å². The van der Waals surface area contributed by atoms with Crippen molar-refractivity contribution in [3.63, 3.8) is 0 Å². The second-order valence-electron chi connectivity index (χ2n) is 5.66. The molecule has 6 nitrogen and oxygen atoms in total. The lowest BCUT2D eigenvalue weighted by atomic mass is 9.98. The van der Waals surface area contributed by atoms with Gasteiger partial charge in [0.05, 0.1) is 0 Å². The highest BCUT2D eigenvalue weighted by atomic mass is 15.3. The van der Waals surface area contributed by atoms with E-state index >= 15 is 0 Å². The van der Waals surface area contributed by atoms with E-state index in [4.69, 9.17) is 5.73 Å². The van der Waals surface area contributed by atoms with E-state index in [0.717, 1.165) is 38.0 Å². The minimum atomic E-state index is 0.318. The van der Waals surface area contributed by atoms with Gasteiger partial charge in [-0.1, -0.05) is 13.3 Å². The van der Waals surface area contributed by atoms with E-state index in [0.29, 0.717) is 11.9 Å². The van der Waals surface area contributed by atoms with Gasteiger partial charge in [-0.05, 0) is 39.0 Å². The average molecular weight is 292 g/mol. The van der Waals surface area contributed by atoms with Crippen LogP contribution in [0, 0.1) is 5.92 Å². The molecule has 0 radical (unpaired) electrons. The number of aromatic nitrogens is 3. The number of nitrogens with two attached hydrogens (primary N) is 1. The van der Waals surface area contributed by atoms with Gasteiger partial charge in [-0.2, -0.15) is 15.0 Å². The van der Waals surface area contributed by atoms with E-state index in [1.807, 2.05) is 0 Å². The molecule has 1 fully saturated rings. The van der Waals surface area contributed by atoms with Gasteiger partial charge in [-0.25, -0.2) is 0 Å². The fourth-order valence-electron chi connectivity index (χ4n) is 2.93. The number of hydrogen-bond acceptors (Lipinski definition) is 6. The molecule has 1 atom stereocenters. The van der Waals surface area contributed by atoms with Gasteiger partial charge < -0.3 is 15.5 Å². The van der Waals surface area contributed by atoms with Gasteiger partial charge in [0.1, 0.15) is 0 Å². The Kier molecular flexibility index (Phi) is 5.59. The molecule has 1 unspecified atom stereocenters. The molecule has 21 heavy (non-hydrogen) atoms. The molecule has 0 amide bonds. The molecular weight excluding hydrogens is 264 g/mol. The molecule has 2 rings (SSSR count). The topological polar surface area (TPSA) is 71.2 Å². The monoisotopic (exact) mass is 292 g/mol. The number of rotatable bonds is 5. The highest BCUT2D eigenvalue weighted by Crippen LogP contribution is 2.23. The van der Waals surface area contributed by atoms with Crippen LogP contribution in [0.3, 0.4) is 0 Å². The Morgan fingerprint density at radius 1 is 1.10 bits per heavy atom. The lowest BCUT2D eigenvalue weighted by Crippen LogP contribution is -2.30. The van der Waals surface area contributed by atoms with E-state index < -0.39 is 0 Å². The second-order valence-corrected chi connectivity index (χ2v) is 5.66. The van der Waals surface area contributed by atoms with Gasteiger partial charge in [0, 0.05) is 26.2 Å². The Labute approximate surface area is 127 Å². The van der Waals surface area contributed by atoms with E-state index in [1.165, 1.54) is 25.7 Å². The van der Waals surface area contributed by atoms with Crippen LogP contribution in [0.1, 0.15) is 46.5 Å². The second kappa shape index (κ2) is 7.43. The summed E-state index contributed by atoms with van der Waals surface area (Å²) in [7, 11) is 0. The zero-order valence-corrected chi connectivity index (χ0v) is 13.5. The Morgan fingerprint density at radius 2 is 1.86 bits per heavy atom. The number of nitrogens with zero attached hydrogens (tertiary/aromatic N) is 5. The Morgan fingerprint density at radius 3 is 2.52 bits per heavy atom. The predicted molar refractivity (Wildman–Crippen MR) is 87.6 cm³/mol. The summed E-state index contributed by atoms with van der Waals surface area (Å²) >= 11 is 0. The summed E-state index contributed by atoms with van der Waals surface area (Å²) in [6, 6.07) is 0. The van der Waals surface area contributed by atoms with Crippen molar-refractivity contribution in [2.45, 2.75) is 46.5 Å². The van der Waals surface area contributed by atoms with Gasteiger partial charge in [0.25, 0.3) is 0 Å². The van der Waals surface area contributed by atoms with Crippen molar-refractivity contribution in [1.82, 2.24) is 15.0 Å². The highest BCUT2D eigenvalue weighted by molar-refractivity contribution is 5.43. The summed E-state index contributed by atoms with van der Waals surface area (Å²) in [6.07, 6.45) is 4.97. The summed E-state index contributed by atoms with van der Waals surface area (Å²) in [4.78, 5) is 17.6. The first-order chi connectivity index (χ1) is 10.2. The molecule has 0 aromatic carbocycles. The van der Waals surface area contributed by atoms with Crippen LogP contribution < -0.4 is 15.5 Å². The molecule has 0 spiro atoms. The minimum Gasteiger partial charge on any atom is -0.368 e. The quantitative estimate of drug-likeness (QED) is 0.898. The third kappa shape index (κ3) is 3.95. The first kappa shape index (κ1) is 15.8. The first-order valence-corrected chi connectivity index (χ1v) is 8.19. The van der Waals surface area contributed by atoms with Gasteiger partial charge in [-0.15, -0.1) is 0 Å². The van der Waals surface area contributed by atoms with Crippen molar-refractivity contribution in [3.05, 3.63) is 0 Å². The zero-order valence-electron chi connectivity index (χ0n) is 13.5. The molecular formula is C15H28N6. The lowest BCUT2D eigenvalue weighted by Gasteiger charge is -2.23. The molecule has 2 heterocycles. The van der Waals surface area contributed by atoms with E-state index in [9.17, 15) is 0 Å². The van der Waals surface area contributed by atoms with Crippen LogP contribution in [0.15, 0.2) is 0 Å². The molecule has 1 saturated heterocycles. The fraction of sp³-hybridized carbons (Fsp3) is 0.800. The molecule has 1 aromatic rings. The minimum absolute atomic E-state index is 0.318. The Hall–Kier alpha value is -1.59.